The minimum Gasteiger partial charge on any atom is -0.506 e. The number of phenolic OH excluding ortho intramolecular Hbond substituents is 1. The standard InChI is InChI=1S/C13H8ClNO.ClHO4/c14-12-5-4-9-8-15-6-2-1-3-10(15)7-11(9)13(12)16;2-1(3,4)5/h1-8H;(H,2,3,4,5). The molecule has 3 rings (SSSR count). The lowest BCUT2D eigenvalue weighted by Crippen LogP contribution is -2.68. The molecule has 21 heavy (non-hydrogen) atoms. The minimum absolute atomic E-state index is 0.144. The number of hydrogen-bond donors (Lipinski definition) is 1. The second kappa shape index (κ2) is 5.98. The van der Waals surface area contributed by atoms with Gasteiger partial charge in [-0.1, -0.05) is 11.6 Å². The lowest BCUT2D eigenvalue weighted by atomic mass is 10.1. The third kappa shape index (κ3) is 4.15. The van der Waals surface area contributed by atoms with Gasteiger partial charge in [0, 0.05) is 23.6 Å². The van der Waals surface area contributed by atoms with E-state index in [-0.39, 0.29) is 5.75 Å². The smallest absolute Gasteiger partial charge is 0.211 e. The molecule has 0 bridgehead atoms. The topological polar surface area (TPSA) is 117 Å². The number of phenols is 1. The summed E-state index contributed by atoms with van der Waals surface area (Å²) in [7, 11) is -4.94. The van der Waals surface area contributed by atoms with Gasteiger partial charge in [-0.25, -0.2) is 18.6 Å². The summed E-state index contributed by atoms with van der Waals surface area (Å²) < 4.78 is 36.0. The van der Waals surface area contributed by atoms with Gasteiger partial charge in [-0.05, 0) is 18.2 Å². The fourth-order valence-electron chi connectivity index (χ4n) is 1.87. The van der Waals surface area contributed by atoms with Gasteiger partial charge in [0.2, 0.25) is 5.52 Å². The first-order chi connectivity index (χ1) is 9.75. The van der Waals surface area contributed by atoms with Crippen LogP contribution in [0.2, 0.25) is 5.02 Å². The van der Waals surface area contributed by atoms with Crippen molar-refractivity contribution in [3.63, 3.8) is 0 Å². The van der Waals surface area contributed by atoms with Gasteiger partial charge < -0.3 is 5.11 Å². The number of pyridine rings is 2. The van der Waals surface area contributed by atoms with Gasteiger partial charge in [0.25, 0.3) is 0 Å². The van der Waals surface area contributed by atoms with Crippen LogP contribution in [0, 0.1) is 10.2 Å². The Morgan fingerprint density at radius 1 is 1.05 bits per heavy atom. The Morgan fingerprint density at radius 3 is 2.38 bits per heavy atom. The number of aromatic hydroxyl groups is 1. The number of nitrogens with zero attached hydrogens (tertiary/aromatic N) is 1. The summed E-state index contributed by atoms with van der Waals surface area (Å²) in [5.74, 6) is 0.144. The molecule has 0 radical (unpaired) electrons. The molecule has 0 aliphatic carbocycles. The number of hydrogen-bond acceptors (Lipinski definition) is 5. The molecular formula is C13H9Cl2NO5. The molecule has 2 aromatic heterocycles. The molecule has 0 saturated carbocycles. The van der Waals surface area contributed by atoms with Gasteiger partial charge in [0.1, 0.15) is 5.75 Å². The van der Waals surface area contributed by atoms with Gasteiger partial charge in [0.05, 0.1) is 10.4 Å². The molecule has 2 heterocycles. The molecule has 1 aromatic carbocycles. The largest absolute Gasteiger partial charge is 0.506 e. The molecule has 6 nitrogen and oxygen atoms in total. The Balaban J connectivity index is 0.000000282. The molecule has 0 atom stereocenters. The van der Waals surface area contributed by atoms with E-state index in [1.807, 2.05) is 47.1 Å². The van der Waals surface area contributed by atoms with E-state index in [1.54, 1.807) is 6.07 Å². The summed E-state index contributed by atoms with van der Waals surface area (Å²) in [6.45, 7) is 0. The zero-order valence-electron chi connectivity index (χ0n) is 10.4. The number of aromatic nitrogens is 1. The molecule has 0 aliphatic rings. The average molecular weight is 330 g/mol. The van der Waals surface area contributed by atoms with Crippen molar-refractivity contribution >= 4 is 27.9 Å². The van der Waals surface area contributed by atoms with E-state index in [1.165, 1.54) is 0 Å². The van der Waals surface area contributed by atoms with Crippen molar-refractivity contribution in [2.45, 2.75) is 0 Å². The average Bonchev–Trinajstić information content (AvgIpc) is 2.40. The summed E-state index contributed by atoms with van der Waals surface area (Å²) in [6.07, 6.45) is 3.95. The van der Waals surface area contributed by atoms with Crippen LogP contribution in [0.15, 0.2) is 48.8 Å². The maximum atomic E-state index is 9.88. The predicted octanol–water partition coefficient (Wildman–Crippen LogP) is -1.82. The second-order valence-corrected chi connectivity index (χ2v) is 5.25. The van der Waals surface area contributed by atoms with E-state index < -0.39 is 10.2 Å². The maximum Gasteiger partial charge on any atom is 0.211 e. The fraction of sp³-hybridized carbons (Fsp3) is 0. The Hall–Kier alpha value is -1.67. The van der Waals surface area contributed by atoms with Crippen LogP contribution in [0.4, 0.5) is 0 Å². The van der Waals surface area contributed by atoms with Gasteiger partial charge in [-0.3, -0.25) is 0 Å². The maximum absolute atomic E-state index is 9.88. The van der Waals surface area contributed by atoms with E-state index in [0.29, 0.717) is 5.02 Å². The van der Waals surface area contributed by atoms with Crippen LogP contribution in [0.3, 0.4) is 0 Å². The summed E-state index contributed by atoms with van der Waals surface area (Å²) in [4.78, 5) is 0. The van der Waals surface area contributed by atoms with Crippen LogP contribution in [0.1, 0.15) is 0 Å². The molecule has 0 amide bonds. The Morgan fingerprint density at radius 2 is 1.71 bits per heavy atom. The van der Waals surface area contributed by atoms with Crippen LogP contribution in [0.5, 0.6) is 5.75 Å². The molecule has 0 fully saturated rings. The molecule has 0 spiro atoms. The number of halogens is 2. The first kappa shape index (κ1) is 15.7. The molecule has 0 saturated heterocycles. The van der Waals surface area contributed by atoms with Gasteiger partial charge >= 0.3 is 0 Å². The number of benzene rings is 1. The minimum atomic E-state index is -4.94. The molecular weight excluding hydrogens is 321 g/mol. The molecule has 0 aliphatic heterocycles. The van der Waals surface area contributed by atoms with Crippen LogP contribution in [-0.4, -0.2) is 5.11 Å². The number of fused-ring (bicyclic) bond motifs is 2. The zero-order valence-corrected chi connectivity index (χ0v) is 11.9. The Kier molecular flexibility index (Phi) is 4.48. The zero-order chi connectivity index (χ0) is 15.6. The van der Waals surface area contributed by atoms with Crippen molar-refractivity contribution in [3.8, 4) is 5.75 Å². The summed E-state index contributed by atoms with van der Waals surface area (Å²) >= 11 is 5.88. The van der Waals surface area contributed by atoms with Gasteiger partial charge in [0.15, 0.2) is 12.4 Å². The van der Waals surface area contributed by atoms with Crippen molar-refractivity contribution in [1.82, 2.24) is 0 Å². The van der Waals surface area contributed by atoms with E-state index in [9.17, 15) is 5.11 Å². The SMILES string of the molecule is Oc1c(Cl)ccc2c[n+]3ccccc3cc12.[O-][Cl+3]([O-])([O-])[O-]. The molecule has 1 N–H and O–H groups in total. The summed E-state index contributed by atoms with van der Waals surface area (Å²) in [5.41, 5.74) is 1.02. The first-order valence-corrected chi connectivity index (χ1v) is 7.20. The van der Waals surface area contributed by atoms with Gasteiger partial charge in [-0.2, -0.15) is 4.40 Å². The summed E-state index contributed by atoms with van der Waals surface area (Å²) in [6, 6.07) is 11.4. The fourth-order valence-corrected chi connectivity index (χ4v) is 2.03. The van der Waals surface area contributed by atoms with Crippen LogP contribution in [-0.2, 0) is 0 Å². The van der Waals surface area contributed by atoms with E-state index >= 15 is 0 Å². The third-order valence-corrected chi connectivity index (χ3v) is 3.00. The lowest BCUT2D eigenvalue weighted by molar-refractivity contribution is -2.00. The van der Waals surface area contributed by atoms with Crippen LogP contribution in [0.25, 0.3) is 16.3 Å². The quantitative estimate of drug-likeness (QED) is 0.385. The third-order valence-electron chi connectivity index (χ3n) is 2.69. The van der Waals surface area contributed by atoms with Crippen molar-refractivity contribution in [1.29, 1.82) is 0 Å². The molecule has 0 unspecified atom stereocenters. The highest BCUT2D eigenvalue weighted by Crippen LogP contribution is 2.31. The van der Waals surface area contributed by atoms with Crippen molar-refractivity contribution in [2.24, 2.45) is 0 Å². The molecule has 110 valence electrons. The van der Waals surface area contributed by atoms with Crippen molar-refractivity contribution in [2.75, 3.05) is 0 Å². The van der Waals surface area contributed by atoms with Crippen molar-refractivity contribution in [3.05, 3.63) is 53.8 Å². The van der Waals surface area contributed by atoms with Crippen LogP contribution >= 0.6 is 11.6 Å². The highest BCUT2D eigenvalue weighted by Gasteiger charge is 2.09. The van der Waals surface area contributed by atoms with E-state index in [4.69, 9.17) is 30.2 Å². The molecule has 8 heteroatoms. The normalized spacial score (nSPS) is 11.3. The highest BCUT2D eigenvalue weighted by atomic mass is 35.7. The monoisotopic (exact) mass is 329 g/mol. The Bertz CT molecular complexity index is 782. The second-order valence-electron chi connectivity index (χ2n) is 4.08. The van der Waals surface area contributed by atoms with E-state index in [0.717, 1.165) is 16.3 Å². The summed E-state index contributed by atoms with van der Waals surface area (Å²) in [5, 5.41) is 12.0. The lowest BCUT2D eigenvalue weighted by Gasteiger charge is -2.17. The number of rotatable bonds is 0. The van der Waals surface area contributed by atoms with Crippen molar-refractivity contribution < 1.29 is 38.4 Å². The molecule has 3 aromatic rings. The highest BCUT2D eigenvalue weighted by molar-refractivity contribution is 6.33. The first-order valence-electron chi connectivity index (χ1n) is 5.59. The van der Waals surface area contributed by atoms with Gasteiger partial charge in [-0.15, -0.1) is 10.2 Å². The van der Waals surface area contributed by atoms with Crippen LogP contribution < -0.4 is 23.0 Å². The van der Waals surface area contributed by atoms with E-state index in [2.05, 4.69) is 0 Å². The predicted molar refractivity (Wildman–Crippen MR) is 63.8 cm³/mol. The Labute approximate surface area is 126 Å².